The van der Waals surface area contributed by atoms with Crippen molar-refractivity contribution in [2.75, 3.05) is 16.8 Å². The van der Waals surface area contributed by atoms with Crippen molar-refractivity contribution >= 4 is 44.8 Å². The molecule has 1 aliphatic rings. The molecule has 2 heterocycles. The van der Waals surface area contributed by atoms with Crippen LogP contribution in [-0.4, -0.2) is 35.8 Å². The number of anilines is 1. The van der Waals surface area contributed by atoms with E-state index in [9.17, 15) is 13.2 Å². The summed E-state index contributed by atoms with van der Waals surface area (Å²) >= 11 is 11.5. The van der Waals surface area contributed by atoms with Crippen LogP contribution in [0.5, 0.6) is 0 Å². The lowest BCUT2D eigenvalue weighted by atomic mass is 10.1. The highest BCUT2D eigenvalue weighted by atomic mass is 35.5. The van der Waals surface area contributed by atoms with E-state index in [1.54, 1.807) is 0 Å². The van der Waals surface area contributed by atoms with E-state index >= 15 is 0 Å². The summed E-state index contributed by atoms with van der Waals surface area (Å²) in [5.74, 6) is -1.02. The molecule has 1 unspecified atom stereocenters. The Labute approximate surface area is 114 Å². The minimum Gasteiger partial charge on any atom is -0.309 e. The van der Waals surface area contributed by atoms with Gasteiger partial charge in [0.1, 0.15) is 11.3 Å². The SMILES string of the molecule is O=C(Nc1ncnc(Cl)c1Cl)C1CCS(=O)(=O)C1. The minimum atomic E-state index is -3.10. The first-order chi connectivity index (χ1) is 8.39. The molecule has 1 fully saturated rings. The Morgan fingerprint density at radius 2 is 2.11 bits per heavy atom. The third-order valence-electron chi connectivity index (χ3n) is 2.59. The number of hydrogen-bond donors (Lipinski definition) is 1. The number of nitrogens with zero attached hydrogens (tertiary/aromatic N) is 2. The van der Waals surface area contributed by atoms with Gasteiger partial charge in [-0.25, -0.2) is 18.4 Å². The molecule has 0 bridgehead atoms. The Morgan fingerprint density at radius 1 is 1.39 bits per heavy atom. The van der Waals surface area contributed by atoms with Gasteiger partial charge in [-0.2, -0.15) is 0 Å². The second kappa shape index (κ2) is 4.99. The first-order valence-electron chi connectivity index (χ1n) is 5.06. The molecular formula is C9H9Cl2N3O3S. The third kappa shape index (κ3) is 2.90. The fraction of sp³-hybridized carbons (Fsp3) is 0.444. The maximum atomic E-state index is 11.8. The largest absolute Gasteiger partial charge is 0.309 e. The summed E-state index contributed by atoms with van der Waals surface area (Å²) in [6.07, 6.45) is 1.47. The number of halogens is 2. The highest BCUT2D eigenvalue weighted by Crippen LogP contribution is 2.27. The number of carbonyl (C=O) groups excluding carboxylic acids is 1. The van der Waals surface area contributed by atoms with Crippen molar-refractivity contribution < 1.29 is 13.2 Å². The molecule has 1 amide bonds. The van der Waals surface area contributed by atoms with Crippen LogP contribution in [0.4, 0.5) is 5.82 Å². The predicted octanol–water partition coefficient (Wildman–Crippen LogP) is 1.16. The molecule has 2 rings (SSSR count). The maximum Gasteiger partial charge on any atom is 0.229 e. The molecule has 98 valence electrons. The molecule has 0 radical (unpaired) electrons. The smallest absolute Gasteiger partial charge is 0.229 e. The molecular weight excluding hydrogens is 301 g/mol. The normalized spacial score (nSPS) is 21.8. The summed E-state index contributed by atoms with van der Waals surface area (Å²) in [6.45, 7) is 0. The quantitative estimate of drug-likeness (QED) is 0.828. The van der Waals surface area contributed by atoms with E-state index < -0.39 is 21.7 Å². The van der Waals surface area contributed by atoms with Crippen LogP contribution in [0.3, 0.4) is 0 Å². The number of rotatable bonds is 2. The molecule has 18 heavy (non-hydrogen) atoms. The molecule has 1 atom stereocenters. The highest BCUT2D eigenvalue weighted by molar-refractivity contribution is 7.91. The summed E-state index contributed by atoms with van der Waals surface area (Å²) < 4.78 is 22.5. The zero-order chi connectivity index (χ0) is 13.3. The Morgan fingerprint density at radius 3 is 2.72 bits per heavy atom. The van der Waals surface area contributed by atoms with E-state index in [1.807, 2.05) is 0 Å². The number of carbonyl (C=O) groups is 1. The van der Waals surface area contributed by atoms with Crippen LogP contribution in [0.2, 0.25) is 10.2 Å². The van der Waals surface area contributed by atoms with Gasteiger partial charge in [0.05, 0.1) is 17.4 Å². The van der Waals surface area contributed by atoms with Gasteiger partial charge in [-0.15, -0.1) is 0 Å². The van der Waals surface area contributed by atoms with E-state index in [2.05, 4.69) is 15.3 Å². The van der Waals surface area contributed by atoms with Gasteiger partial charge in [-0.05, 0) is 6.42 Å². The van der Waals surface area contributed by atoms with Crippen molar-refractivity contribution in [2.24, 2.45) is 5.92 Å². The molecule has 0 aromatic carbocycles. The van der Waals surface area contributed by atoms with Gasteiger partial charge < -0.3 is 5.32 Å². The van der Waals surface area contributed by atoms with Crippen molar-refractivity contribution in [1.82, 2.24) is 9.97 Å². The number of aromatic nitrogens is 2. The second-order valence-electron chi connectivity index (χ2n) is 3.92. The van der Waals surface area contributed by atoms with Crippen LogP contribution in [-0.2, 0) is 14.6 Å². The van der Waals surface area contributed by atoms with E-state index in [1.165, 1.54) is 0 Å². The molecule has 6 nitrogen and oxygen atoms in total. The second-order valence-corrected chi connectivity index (χ2v) is 6.88. The number of nitrogens with one attached hydrogen (secondary N) is 1. The summed E-state index contributed by atoms with van der Waals surface area (Å²) in [5.41, 5.74) is 0. The molecule has 0 saturated carbocycles. The number of hydrogen-bond acceptors (Lipinski definition) is 5. The Kier molecular flexibility index (Phi) is 3.74. The van der Waals surface area contributed by atoms with Gasteiger partial charge in [-0.1, -0.05) is 23.2 Å². The van der Waals surface area contributed by atoms with Gasteiger partial charge in [0.15, 0.2) is 20.8 Å². The molecule has 1 aromatic heterocycles. The Balaban J connectivity index is 2.11. The molecule has 1 aliphatic heterocycles. The fourth-order valence-electron chi connectivity index (χ4n) is 1.66. The summed E-state index contributed by atoms with van der Waals surface area (Å²) in [4.78, 5) is 19.2. The van der Waals surface area contributed by atoms with Gasteiger partial charge >= 0.3 is 0 Å². The minimum absolute atomic E-state index is 0.0287. The van der Waals surface area contributed by atoms with E-state index in [0.717, 1.165) is 6.33 Å². The molecule has 1 aromatic rings. The van der Waals surface area contributed by atoms with Crippen LogP contribution < -0.4 is 5.32 Å². The van der Waals surface area contributed by atoms with Crippen molar-refractivity contribution in [1.29, 1.82) is 0 Å². The summed E-state index contributed by atoms with van der Waals surface area (Å²) in [5, 5.41) is 2.52. The van der Waals surface area contributed by atoms with Crippen molar-refractivity contribution in [2.45, 2.75) is 6.42 Å². The van der Waals surface area contributed by atoms with Crippen molar-refractivity contribution in [3.05, 3.63) is 16.5 Å². The maximum absolute atomic E-state index is 11.8. The zero-order valence-corrected chi connectivity index (χ0v) is 11.4. The lowest BCUT2D eigenvalue weighted by Crippen LogP contribution is -2.24. The van der Waals surface area contributed by atoms with Gasteiger partial charge in [-0.3, -0.25) is 4.79 Å². The van der Waals surface area contributed by atoms with E-state index in [-0.39, 0.29) is 27.5 Å². The monoisotopic (exact) mass is 309 g/mol. The lowest BCUT2D eigenvalue weighted by molar-refractivity contribution is -0.119. The first kappa shape index (κ1) is 13.5. The average molecular weight is 310 g/mol. The average Bonchev–Trinajstić information content (AvgIpc) is 2.65. The van der Waals surface area contributed by atoms with E-state index in [0.29, 0.717) is 6.42 Å². The summed E-state index contributed by atoms with van der Waals surface area (Å²) in [7, 11) is -3.10. The van der Waals surface area contributed by atoms with Crippen LogP contribution in [0.15, 0.2) is 6.33 Å². The highest BCUT2D eigenvalue weighted by Gasteiger charge is 2.33. The third-order valence-corrected chi connectivity index (χ3v) is 5.10. The number of sulfone groups is 1. The standard InChI is InChI=1S/C9H9Cl2N3O3S/c10-6-7(11)12-4-13-8(6)14-9(15)5-1-2-18(16,17)3-5/h4-5H,1-3H2,(H,12,13,14,15). The van der Waals surface area contributed by atoms with Crippen LogP contribution in [0.1, 0.15) is 6.42 Å². The molecule has 9 heteroatoms. The Hall–Kier alpha value is -0.920. The Bertz CT molecular complexity index is 591. The fourth-order valence-corrected chi connectivity index (χ4v) is 3.68. The molecule has 1 saturated heterocycles. The molecule has 0 aliphatic carbocycles. The van der Waals surface area contributed by atoms with E-state index in [4.69, 9.17) is 23.2 Å². The van der Waals surface area contributed by atoms with Gasteiger partial charge in [0.25, 0.3) is 0 Å². The van der Waals surface area contributed by atoms with Crippen molar-refractivity contribution in [3.63, 3.8) is 0 Å². The van der Waals surface area contributed by atoms with Gasteiger partial charge in [0, 0.05) is 0 Å². The molecule has 0 spiro atoms. The topological polar surface area (TPSA) is 89.0 Å². The van der Waals surface area contributed by atoms with Crippen LogP contribution in [0.25, 0.3) is 0 Å². The van der Waals surface area contributed by atoms with Crippen molar-refractivity contribution in [3.8, 4) is 0 Å². The molecule has 1 N–H and O–H groups in total. The van der Waals surface area contributed by atoms with Crippen LogP contribution in [0, 0.1) is 5.92 Å². The van der Waals surface area contributed by atoms with Gasteiger partial charge in [0.2, 0.25) is 5.91 Å². The lowest BCUT2D eigenvalue weighted by Gasteiger charge is -2.09. The zero-order valence-electron chi connectivity index (χ0n) is 9.06. The number of amides is 1. The summed E-state index contributed by atoms with van der Waals surface area (Å²) in [6, 6.07) is 0. The van der Waals surface area contributed by atoms with Crippen LogP contribution >= 0.6 is 23.2 Å². The predicted molar refractivity (Wildman–Crippen MR) is 67.4 cm³/mol. The first-order valence-corrected chi connectivity index (χ1v) is 7.64.